The van der Waals surface area contributed by atoms with Crippen LogP contribution in [-0.4, -0.2) is 63.7 Å². The molecule has 0 radical (unpaired) electrons. The summed E-state index contributed by atoms with van der Waals surface area (Å²) in [5.41, 5.74) is 1.27. The topological polar surface area (TPSA) is 105 Å². The quantitative estimate of drug-likeness (QED) is 0.327. The van der Waals surface area contributed by atoms with Gasteiger partial charge in [0.25, 0.3) is 0 Å². The molecule has 216 valence electrons. The minimum atomic E-state index is -3.63. The van der Waals surface area contributed by atoms with Crippen LogP contribution in [0.25, 0.3) is 0 Å². The Bertz CT molecular complexity index is 1190. The smallest absolute Gasteiger partial charge is 0.243 e. The lowest BCUT2D eigenvalue weighted by atomic mass is 10.1. The van der Waals surface area contributed by atoms with Crippen LogP contribution in [0.3, 0.4) is 0 Å². The molecule has 0 aromatic heterocycles. The molecule has 0 saturated carbocycles. The summed E-state index contributed by atoms with van der Waals surface area (Å²) in [6, 6.07) is 13.7. The first-order valence-electron chi connectivity index (χ1n) is 13.5. The molecule has 9 nitrogen and oxygen atoms in total. The molecule has 1 N–H and O–H groups in total. The number of ether oxygens (including phenoxy) is 2. The van der Waals surface area contributed by atoms with Crippen LogP contribution in [0.15, 0.2) is 48.5 Å². The minimum Gasteiger partial charge on any atom is -0.497 e. The zero-order chi connectivity index (χ0) is 29.0. The highest BCUT2D eigenvalue weighted by molar-refractivity contribution is 7.92. The lowest BCUT2D eigenvalue weighted by Crippen LogP contribution is -2.50. The van der Waals surface area contributed by atoms with Gasteiger partial charge in [0, 0.05) is 25.6 Å². The fraction of sp³-hybridized carbons (Fsp3) is 0.517. The van der Waals surface area contributed by atoms with Gasteiger partial charge in [-0.05, 0) is 62.9 Å². The van der Waals surface area contributed by atoms with E-state index in [0.29, 0.717) is 30.2 Å². The predicted molar refractivity (Wildman–Crippen MR) is 155 cm³/mol. The highest BCUT2D eigenvalue weighted by atomic mass is 32.2. The van der Waals surface area contributed by atoms with E-state index in [2.05, 4.69) is 5.32 Å². The Morgan fingerprint density at radius 2 is 1.74 bits per heavy atom. The molecule has 0 aliphatic rings. The van der Waals surface area contributed by atoms with Gasteiger partial charge in [0.1, 0.15) is 17.5 Å². The number of anilines is 1. The molecule has 2 atom stereocenters. The van der Waals surface area contributed by atoms with Gasteiger partial charge in [0.2, 0.25) is 21.8 Å². The van der Waals surface area contributed by atoms with E-state index < -0.39 is 16.1 Å². The van der Waals surface area contributed by atoms with E-state index in [9.17, 15) is 18.0 Å². The van der Waals surface area contributed by atoms with Crippen LogP contribution in [0.5, 0.6) is 11.5 Å². The maximum absolute atomic E-state index is 13.6. The van der Waals surface area contributed by atoms with E-state index in [1.807, 2.05) is 52.0 Å². The molecule has 0 spiro atoms. The van der Waals surface area contributed by atoms with Gasteiger partial charge < -0.3 is 19.7 Å². The molecule has 39 heavy (non-hydrogen) atoms. The van der Waals surface area contributed by atoms with Crippen molar-refractivity contribution >= 4 is 27.5 Å². The monoisotopic (exact) mass is 561 g/mol. The Morgan fingerprint density at radius 1 is 1.03 bits per heavy atom. The third-order valence-electron chi connectivity index (χ3n) is 6.46. The Balaban J connectivity index is 2.28. The fourth-order valence-corrected chi connectivity index (χ4v) is 5.22. The summed E-state index contributed by atoms with van der Waals surface area (Å²) in [6.45, 7) is 8.34. The summed E-state index contributed by atoms with van der Waals surface area (Å²) in [4.78, 5) is 28.4. The van der Waals surface area contributed by atoms with Crippen molar-refractivity contribution in [1.82, 2.24) is 10.2 Å². The van der Waals surface area contributed by atoms with Crippen molar-refractivity contribution in [2.24, 2.45) is 0 Å². The largest absolute Gasteiger partial charge is 0.497 e. The number of nitrogens with zero attached hydrogens (tertiary/aromatic N) is 2. The second-order valence-corrected chi connectivity index (χ2v) is 11.4. The van der Waals surface area contributed by atoms with E-state index in [1.54, 1.807) is 36.3 Å². The minimum absolute atomic E-state index is 0.0194. The van der Waals surface area contributed by atoms with E-state index >= 15 is 0 Å². The normalized spacial score (nSPS) is 12.8. The number of carbonyl (C=O) groups is 2. The van der Waals surface area contributed by atoms with Gasteiger partial charge in [-0.2, -0.15) is 0 Å². The van der Waals surface area contributed by atoms with Gasteiger partial charge in [-0.25, -0.2) is 8.42 Å². The second kappa shape index (κ2) is 15.4. The standard InChI is InChI=1S/C29H43N3O6S/c1-7-22(4)30-29(34)25(8-2)31(21-23-14-12-15-24(20-23)37-5)28(33)18-13-19-32(39(6,35)36)26-16-10-11-17-27(26)38-9-3/h10-12,14-17,20,22,25H,7-9,13,18-19,21H2,1-6H3,(H,30,34)/t22-,25+/m1/s1. The maximum atomic E-state index is 13.6. The van der Waals surface area contributed by atoms with Crippen molar-refractivity contribution < 1.29 is 27.5 Å². The summed E-state index contributed by atoms with van der Waals surface area (Å²) < 4.78 is 37.6. The van der Waals surface area contributed by atoms with Crippen LogP contribution in [0, 0.1) is 0 Å². The molecular formula is C29H43N3O6S. The number of benzene rings is 2. The Kier molecular flexibility index (Phi) is 12.6. The van der Waals surface area contributed by atoms with Gasteiger partial charge in [-0.1, -0.05) is 38.1 Å². The van der Waals surface area contributed by atoms with E-state index in [4.69, 9.17) is 9.47 Å². The van der Waals surface area contributed by atoms with E-state index in [0.717, 1.165) is 18.2 Å². The number of rotatable bonds is 16. The van der Waals surface area contributed by atoms with Crippen molar-refractivity contribution in [1.29, 1.82) is 0 Å². The van der Waals surface area contributed by atoms with Crippen LogP contribution in [0.4, 0.5) is 5.69 Å². The first kappa shape index (κ1) is 31.9. The van der Waals surface area contributed by atoms with Gasteiger partial charge >= 0.3 is 0 Å². The van der Waals surface area contributed by atoms with Crippen molar-refractivity contribution in [2.75, 3.05) is 30.8 Å². The number of para-hydroxylation sites is 2. The van der Waals surface area contributed by atoms with Gasteiger partial charge in [0.15, 0.2) is 0 Å². The molecule has 0 bridgehead atoms. The number of hydrogen-bond donors (Lipinski definition) is 1. The SMILES string of the molecule is CCOc1ccccc1N(CCCC(=O)N(Cc1cccc(OC)c1)[C@@H](CC)C(=O)N[C@H](C)CC)S(C)(=O)=O. The molecule has 2 aromatic rings. The Morgan fingerprint density at radius 3 is 2.36 bits per heavy atom. The van der Waals surface area contributed by atoms with Gasteiger partial charge in [-0.3, -0.25) is 13.9 Å². The molecule has 0 saturated heterocycles. The first-order chi connectivity index (χ1) is 18.5. The summed E-state index contributed by atoms with van der Waals surface area (Å²) in [6.07, 6.45) is 2.69. The van der Waals surface area contributed by atoms with Crippen molar-refractivity contribution in [3.05, 3.63) is 54.1 Å². The Labute approximate surface area is 233 Å². The third-order valence-corrected chi connectivity index (χ3v) is 7.64. The molecule has 0 heterocycles. The molecule has 2 amide bonds. The summed E-state index contributed by atoms with van der Waals surface area (Å²) in [5, 5.41) is 3.00. The van der Waals surface area contributed by atoms with Crippen molar-refractivity contribution in [3.63, 3.8) is 0 Å². The van der Waals surface area contributed by atoms with E-state index in [-0.39, 0.29) is 43.8 Å². The average molecular weight is 562 g/mol. The van der Waals surface area contributed by atoms with Crippen LogP contribution < -0.4 is 19.1 Å². The highest BCUT2D eigenvalue weighted by Gasteiger charge is 2.29. The number of methoxy groups -OCH3 is 1. The van der Waals surface area contributed by atoms with Crippen molar-refractivity contribution in [3.8, 4) is 11.5 Å². The molecule has 2 aromatic carbocycles. The summed E-state index contributed by atoms with van der Waals surface area (Å²) in [7, 11) is -2.06. The van der Waals surface area contributed by atoms with Crippen molar-refractivity contribution in [2.45, 2.75) is 72.0 Å². The molecule has 10 heteroatoms. The number of carbonyl (C=O) groups excluding carboxylic acids is 2. The number of amides is 2. The summed E-state index contributed by atoms with van der Waals surface area (Å²) >= 11 is 0. The van der Waals surface area contributed by atoms with E-state index in [1.165, 1.54) is 4.31 Å². The molecule has 0 aliphatic carbocycles. The second-order valence-electron chi connectivity index (χ2n) is 9.45. The lowest BCUT2D eigenvalue weighted by Gasteiger charge is -2.32. The first-order valence-corrected chi connectivity index (χ1v) is 15.3. The zero-order valence-corrected chi connectivity index (χ0v) is 24.8. The fourth-order valence-electron chi connectivity index (χ4n) is 4.25. The molecule has 0 aliphatic heterocycles. The number of sulfonamides is 1. The predicted octanol–water partition coefficient (Wildman–Crippen LogP) is 4.36. The number of hydrogen-bond acceptors (Lipinski definition) is 6. The van der Waals surface area contributed by atoms with Gasteiger partial charge in [0.05, 0.1) is 25.7 Å². The third kappa shape index (κ3) is 9.45. The molecule has 2 rings (SSSR count). The molecular weight excluding hydrogens is 518 g/mol. The number of nitrogens with one attached hydrogen (secondary N) is 1. The maximum Gasteiger partial charge on any atom is 0.243 e. The van der Waals surface area contributed by atoms with Crippen LogP contribution in [0.2, 0.25) is 0 Å². The lowest BCUT2D eigenvalue weighted by molar-refractivity contribution is -0.141. The Hall–Kier alpha value is -3.27. The van der Waals surface area contributed by atoms with Crippen LogP contribution in [-0.2, 0) is 26.2 Å². The summed E-state index contributed by atoms with van der Waals surface area (Å²) in [5.74, 6) is 0.694. The molecule has 0 fully saturated rings. The average Bonchev–Trinajstić information content (AvgIpc) is 2.91. The van der Waals surface area contributed by atoms with Crippen LogP contribution in [0.1, 0.15) is 58.9 Å². The van der Waals surface area contributed by atoms with Crippen LogP contribution >= 0.6 is 0 Å². The highest BCUT2D eigenvalue weighted by Crippen LogP contribution is 2.30. The molecule has 0 unspecified atom stereocenters. The van der Waals surface area contributed by atoms with Gasteiger partial charge in [-0.15, -0.1) is 0 Å². The zero-order valence-electron chi connectivity index (χ0n) is 24.0.